The first-order valence-corrected chi connectivity index (χ1v) is 15.4. The highest BCUT2D eigenvalue weighted by molar-refractivity contribution is 7.98. The largest absolute Gasteiger partial charge is 0.507 e. The summed E-state index contributed by atoms with van der Waals surface area (Å²) in [5.74, 6) is -0.926. The second kappa shape index (κ2) is 12.0. The van der Waals surface area contributed by atoms with Crippen molar-refractivity contribution in [1.29, 1.82) is 0 Å². The predicted molar refractivity (Wildman–Crippen MR) is 169 cm³/mol. The van der Waals surface area contributed by atoms with Crippen molar-refractivity contribution in [2.75, 3.05) is 24.2 Å². The molecular formula is C31H32ClFN6O3S. The fourth-order valence-electron chi connectivity index (χ4n) is 5.56. The van der Waals surface area contributed by atoms with E-state index in [0.717, 1.165) is 4.90 Å². The summed E-state index contributed by atoms with van der Waals surface area (Å²) in [4.78, 5) is 45.1. The van der Waals surface area contributed by atoms with Crippen LogP contribution in [0.4, 0.5) is 10.2 Å². The maximum atomic E-state index is 15.1. The lowest BCUT2D eigenvalue weighted by Gasteiger charge is -2.44. The summed E-state index contributed by atoms with van der Waals surface area (Å²) in [6, 6.07) is 6.94. The molecule has 0 radical (unpaired) electrons. The number of hydrogen-bond donors (Lipinski definition) is 1. The molecule has 1 aliphatic heterocycles. The fraction of sp³-hybridized carbons (Fsp3) is 0.323. The molecule has 0 saturated carbocycles. The number of pyridine rings is 2. The number of phenols is 1. The third kappa shape index (κ3) is 5.36. The van der Waals surface area contributed by atoms with Gasteiger partial charge in [-0.05, 0) is 56.4 Å². The first-order valence-electron chi connectivity index (χ1n) is 13.8. The Morgan fingerprint density at radius 2 is 1.95 bits per heavy atom. The number of aromatic hydroxyl groups is 1. The van der Waals surface area contributed by atoms with E-state index in [1.165, 1.54) is 40.6 Å². The number of phenolic OH excluding ortho intramolecular Hbond substituents is 1. The van der Waals surface area contributed by atoms with Crippen LogP contribution in [-0.4, -0.2) is 66.9 Å². The molecule has 4 aromatic rings. The van der Waals surface area contributed by atoms with E-state index in [1.54, 1.807) is 17.2 Å². The van der Waals surface area contributed by atoms with Gasteiger partial charge in [-0.2, -0.15) is 4.98 Å². The second-order valence-corrected chi connectivity index (χ2v) is 12.1. The van der Waals surface area contributed by atoms with Crippen LogP contribution >= 0.6 is 23.4 Å². The van der Waals surface area contributed by atoms with E-state index in [-0.39, 0.29) is 51.6 Å². The Balaban J connectivity index is 1.86. The standard InChI is InChI=1S/C31H32ClFN6O3S/c1-7-24(41)37-14-18(5)38(15-17(37)4)29-19-13-20(32)27(25-21(33)9-8-10-22(25)40)35-30(19)39(31(42)36-29)28-23(43-6)11-12-34-26(28)16(2)3/h7-13,16-18,40H,1,14-15H2,2-6H3/t17-,18+/m1/s1. The molecule has 12 heteroatoms. The molecule has 224 valence electrons. The van der Waals surface area contributed by atoms with Crippen LogP contribution < -0.4 is 10.6 Å². The Labute approximate surface area is 258 Å². The number of rotatable bonds is 6. The molecule has 0 bridgehead atoms. The zero-order chi connectivity index (χ0) is 31.2. The number of benzene rings is 1. The van der Waals surface area contributed by atoms with Crippen LogP contribution in [-0.2, 0) is 4.79 Å². The van der Waals surface area contributed by atoms with Crippen molar-refractivity contribution in [2.24, 2.45) is 0 Å². The minimum Gasteiger partial charge on any atom is -0.507 e. The van der Waals surface area contributed by atoms with Crippen molar-refractivity contribution in [2.45, 2.75) is 50.6 Å². The summed E-state index contributed by atoms with van der Waals surface area (Å²) < 4.78 is 16.5. The molecule has 43 heavy (non-hydrogen) atoms. The van der Waals surface area contributed by atoms with Crippen LogP contribution in [0.15, 0.2) is 58.9 Å². The summed E-state index contributed by atoms with van der Waals surface area (Å²) in [5.41, 5.74) is 0.586. The van der Waals surface area contributed by atoms with E-state index in [9.17, 15) is 14.7 Å². The highest BCUT2D eigenvalue weighted by Gasteiger charge is 2.34. The van der Waals surface area contributed by atoms with Gasteiger partial charge in [0.25, 0.3) is 0 Å². The van der Waals surface area contributed by atoms with Gasteiger partial charge in [0.1, 0.15) is 17.4 Å². The molecule has 5 rings (SSSR count). The SMILES string of the molecule is C=CC(=O)N1C[C@H](C)N(c2nc(=O)n(-c3c(SC)ccnc3C(C)C)c3nc(-c4c(O)cccc4F)c(Cl)cc23)C[C@H]1C. The topological polar surface area (TPSA) is 104 Å². The first kappa shape index (κ1) is 30.5. The first-order chi connectivity index (χ1) is 20.5. The van der Waals surface area contributed by atoms with Crippen molar-refractivity contribution in [3.8, 4) is 22.7 Å². The maximum Gasteiger partial charge on any atom is 0.355 e. The number of anilines is 1. The Morgan fingerprint density at radius 3 is 2.60 bits per heavy atom. The van der Waals surface area contributed by atoms with Gasteiger partial charge in [0.05, 0.1) is 33.0 Å². The van der Waals surface area contributed by atoms with Gasteiger partial charge in [-0.3, -0.25) is 9.78 Å². The van der Waals surface area contributed by atoms with E-state index in [4.69, 9.17) is 16.6 Å². The number of carbonyl (C=O) groups is 1. The number of nitrogens with zero attached hydrogens (tertiary/aromatic N) is 6. The van der Waals surface area contributed by atoms with E-state index in [0.29, 0.717) is 35.7 Å². The molecule has 1 amide bonds. The fourth-order valence-corrected chi connectivity index (χ4v) is 6.39. The molecule has 1 aromatic carbocycles. The van der Waals surface area contributed by atoms with E-state index in [1.807, 2.05) is 44.9 Å². The van der Waals surface area contributed by atoms with E-state index < -0.39 is 11.5 Å². The molecule has 1 fully saturated rings. The number of thioether (sulfide) groups is 1. The molecule has 0 unspecified atom stereocenters. The van der Waals surface area contributed by atoms with Crippen LogP contribution in [0.25, 0.3) is 28.0 Å². The summed E-state index contributed by atoms with van der Waals surface area (Å²) in [6.45, 7) is 12.2. The zero-order valence-electron chi connectivity index (χ0n) is 24.5. The lowest BCUT2D eigenvalue weighted by molar-refractivity contribution is -0.128. The molecular weight excluding hydrogens is 591 g/mol. The van der Waals surface area contributed by atoms with Gasteiger partial charge in [-0.15, -0.1) is 11.8 Å². The van der Waals surface area contributed by atoms with Gasteiger partial charge < -0.3 is 14.9 Å². The lowest BCUT2D eigenvalue weighted by atomic mass is 10.1. The van der Waals surface area contributed by atoms with Crippen molar-refractivity contribution >= 4 is 46.1 Å². The minimum atomic E-state index is -0.712. The van der Waals surface area contributed by atoms with Gasteiger partial charge in [0, 0.05) is 36.3 Å². The Morgan fingerprint density at radius 1 is 1.21 bits per heavy atom. The molecule has 4 heterocycles. The molecule has 9 nitrogen and oxygen atoms in total. The van der Waals surface area contributed by atoms with Crippen LogP contribution in [0.1, 0.15) is 39.3 Å². The summed E-state index contributed by atoms with van der Waals surface area (Å²) in [6.07, 6.45) is 4.89. The molecule has 3 aromatic heterocycles. The Hall–Kier alpha value is -3.96. The number of carbonyl (C=O) groups excluding carboxylic acids is 1. The van der Waals surface area contributed by atoms with Crippen molar-refractivity contribution in [3.05, 3.63) is 76.2 Å². The number of aromatic nitrogens is 4. The van der Waals surface area contributed by atoms with Gasteiger partial charge in [0.15, 0.2) is 5.65 Å². The molecule has 1 saturated heterocycles. The van der Waals surface area contributed by atoms with Crippen LogP contribution in [0.2, 0.25) is 5.02 Å². The number of halogens is 2. The summed E-state index contributed by atoms with van der Waals surface area (Å²) in [5, 5.41) is 11.1. The van der Waals surface area contributed by atoms with Crippen LogP contribution in [0, 0.1) is 5.82 Å². The highest BCUT2D eigenvalue weighted by atomic mass is 35.5. The molecule has 1 N–H and O–H groups in total. The number of piperazine rings is 1. The average Bonchev–Trinajstić information content (AvgIpc) is 2.97. The lowest BCUT2D eigenvalue weighted by Crippen LogP contribution is -2.58. The third-order valence-corrected chi connectivity index (χ3v) is 8.71. The quantitative estimate of drug-likeness (QED) is 0.213. The van der Waals surface area contributed by atoms with Crippen LogP contribution in [0.3, 0.4) is 0 Å². The maximum absolute atomic E-state index is 15.1. The van der Waals surface area contributed by atoms with Crippen LogP contribution in [0.5, 0.6) is 5.75 Å². The Kier molecular flexibility index (Phi) is 8.49. The number of fused-ring (bicyclic) bond motifs is 1. The Bertz CT molecular complexity index is 1790. The average molecular weight is 623 g/mol. The summed E-state index contributed by atoms with van der Waals surface area (Å²) in [7, 11) is 0. The number of hydrogen-bond acceptors (Lipinski definition) is 8. The van der Waals surface area contributed by atoms with Crippen molar-refractivity contribution in [1.82, 2.24) is 24.4 Å². The van der Waals surface area contributed by atoms with E-state index >= 15 is 4.39 Å². The summed E-state index contributed by atoms with van der Waals surface area (Å²) >= 11 is 8.21. The highest BCUT2D eigenvalue weighted by Crippen LogP contribution is 2.40. The second-order valence-electron chi connectivity index (χ2n) is 10.8. The monoisotopic (exact) mass is 622 g/mol. The number of amides is 1. The van der Waals surface area contributed by atoms with Gasteiger partial charge in [-0.25, -0.2) is 18.7 Å². The molecule has 2 atom stereocenters. The van der Waals surface area contributed by atoms with Gasteiger partial charge in [0.2, 0.25) is 5.91 Å². The van der Waals surface area contributed by atoms with Crippen molar-refractivity contribution < 1.29 is 14.3 Å². The molecule has 0 aliphatic carbocycles. The van der Waals surface area contributed by atoms with Gasteiger partial charge >= 0.3 is 5.69 Å². The van der Waals surface area contributed by atoms with Crippen molar-refractivity contribution in [3.63, 3.8) is 0 Å². The zero-order valence-corrected chi connectivity index (χ0v) is 26.1. The normalized spacial score (nSPS) is 17.1. The predicted octanol–water partition coefficient (Wildman–Crippen LogP) is 5.80. The molecule has 0 spiro atoms. The smallest absolute Gasteiger partial charge is 0.355 e. The molecule has 1 aliphatic rings. The van der Waals surface area contributed by atoms with Gasteiger partial charge in [-0.1, -0.05) is 38.1 Å². The third-order valence-electron chi connectivity index (χ3n) is 7.65. The van der Waals surface area contributed by atoms with E-state index in [2.05, 4.69) is 16.5 Å². The minimum absolute atomic E-state index is 0.0152.